The number of primary amides is 1. The number of phenolic OH excluding ortho intramolecular Hbond substituents is 1. The second kappa shape index (κ2) is 5.27. The SMILES string of the molecule is CC(C)(CC(N)=O)NC(=O)c1ccc(Cl)cc1O. The van der Waals surface area contributed by atoms with Crippen molar-refractivity contribution in [2.75, 3.05) is 0 Å². The van der Waals surface area contributed by atoms with Gasteiger partial charge in [-0.3, -0.25) is 9.59 Å². The molecule has 5 nitrogen and oxygen atoms in total. The molecule has 0 aliphatic heterocycles. The Morgan fingerprint density at radius 1 is 1.44 bits per heavy atom. The Morgan fingerprint density at radius 2 is 2.06 bits per heavy atom. The third-order valence-corrected chi connectivity index (χ3v) is 2.51. The fraction of sp³-hybridized carbons (Fsp3) is 0.333. The van der Waals surface area contributed by atoms with Crippen molar-refractivity contribution in [2.45, 2.75) is 25.8 Å². The molecule has 0 unspecified atom stereocenters. The molecule has 0 aliphatic rings. The second-order valence-corrected chi connectivity index (χ2v) is 5.08. The molecular weight excluding hydrogens is 256 g/mol. The summed E-state index contributed by atoms with van der Waals surface area (Å²) in [5.74, 6) is -1.22. The maximum atomic E-state index is 11.9. The summed E-state index contributed by atoms with van der Waals surface area (Å²) >= 11 is 5.67. The van der Waals surface area contributed by atoms with E-state index in [-0.39, 0.29) is 17.7 Å². The molecule has 98 valence electrons. The number of amides is 2. The molecule has 0 aliphatic carbocycles. The van der Waals surface area contributed by atoms with Crippen molar-refractivity contribution in [3.05, 3.63) is 28.8 Å². The van der Waals surface area contributed by atoms with Crippen molar-refractivity contribution in [3.8, 4) is 5.75 Å². The largest absolute Gasteiger partial charge is 0.507 e. The first-order valence-electron chi connectivity index (χ1n) is 5.30. The monoisotopic (exact) mass is 270 g/mol. The number of nitrogens with one attached hydrogen (secondary N) is 1. The summed E-state index contributed by atoms with van der Waals surface area (Å²) in [5.41, 5.74) is 4.40. The average Bonchev–Trinajstić information content (AvgIpc) is 2.13. The maximum absolute atomic E-state index is 11.9. The summed E-state index contributed by atoms with van der Waals surface area (Å²) in [7, 11) is 0. The normalized spacial score (nSPS) is 11.1. The zero-order valence-corrected chi connectivity index (χ0v) is 10.9. The standard InChI is InChI=1S/C12H15ClN2O3/c1-12(2,6-10(14)17)15-11(18)8-4-3-7(13)5-9(8)16/h3-5,16H,6H2,1-2H3,(H2,14,17)(H,15,18). The molecular formula is C12H15ClN2O3. The predicted molar refractivity (Wildman–Crippen MR) is 68.5 cm³/mol. The van der Waals surface area contributed by atoms with Crippen LogP contribution in [0.1, 0.15) is 30.6 Å². The molecule has 0 radical (unpaired) electrons. The zero-order valence-electron chi connectivity index (χ0n) is 10.2. The summed E-state index contributed by atoms with van der Waals surface area (Å²) in [6.07, 6.45) is 0.00704. The van der Waals surface area contributed by atoms with Gasteiger partial charge in [0.15, 0.2) is 0 Å². The number of halogens is 1. The fourth-order valence-electron chi connectivity index (χ4n) is 1.55. The zero-order chi connectivity index (χ0) is 13.9. The molecule has 0 saturated heterocycles. The summed E-state index contributed by atoms with van der Waals surface area (Å²) in [6, 6.07) is 4.18. The van der Waals surface area contributed by atoms with Crippen molar-refractivity contribution < 1.29 is 14.7 Å². The van der Waals surface area contributed by atoms with Crippen molar-refractivity contribution in [3.63, 3.8) is 0 Å². The first kappa shape index (κ1) is 14.3. The van der Waals surface area contributed by atoms with Crippen molar-refractivity contribution in [2.24, 2.45) is 5.73 Å². The lowest BCUT2D eigenvalue weighted by molar-refractivity contribution is -0.119. The number of benzene rings is 1. The van der Waals surface area contributed by atoms with Gasteiger partial charge in [0.2, 0.25) is 5.91 Å². The number of nitrogens with two attached hydrogens (primary N) is 1. The van der Waals surface area contributed by atoms with Crippen LogP contribution in [0.25, 0.3) is 0 Å². The Hall–Kier alpha value is -1.75. The van der Waals surface area contributed by atoms with E-state index in [1.165, 1.54) is 18.2 Å². The smallest absolute Gasteiger partial charge is 0.255 e. The minimum absolute atomic E-state index is 0.00704. The fourth-order valence-corrected chi connectivity index (χ4v) is 1.72. The van der Waals surface area contributed by atoms with Crippen LogP contribution in [-0.2, 0) is 4.79 Å². The molecule has 0 heterocycles. The Morgan fingerprint density at radius 3 is 2.56 bits per heavy atom. The molecule has 0 fully saturated rings. The van der Waals surface area contributed by atoms with Crippen LogP contribution in [0, 0.1) is 0 Å². The molecule has 2 amide bonds. The minimum Gasteiger partial charge on any atom is -0.507 e. The van der Waals surface area contributed by atoms with Crippen molar-refractivity contribution in [1.29, 1.82) is 0 Å². The predicted octanol–water partition coefficient (Wildman–Crippen LogP) is 1.43. The molecule has 4 N–H and O–H groups in total. The first-order valence-corrected chi connectivity index (χ1v) is 5.68. The molecule has 1 aromatic carbocycles. The lowest BCUT2D eigenvalue weighted by Gasteiger charge is -2.24. The molecule has 0 bridgehead atoms. The highest BCUT2D eigenvalue weighted by atomic mass is 35.5. The number of carbonyl (C=O) groups is 2. The maximum Gasteiger partial charge on any atom is 0.255 e. The van der Waals surface area contributed by atoms with E-state index in [4.69, 9.17) is 17.3 Å². The van der Waals surface area contributed by atoms with Gasteiger partial charge >= 0.3 is 0 Å². The van der Waals surface area contributed by atoms with Gasteiger partial charge in [-0.1, -0.05) is 11.6 Å². The van der Waals surface area contributed by atoms with E-state index in [1.54, 1.807) is 13.8 Å². The topological polar surface area (TPSA) is 92.4 Å². The third-order valence-electron chi connectivity index (χ3n) is 2.27. The van der Waals surface area contributed by atoms with Crippen LogP contribution in [0.3, 0.4) is 0 Å². The number of rotatable bonds is 4. The van der Waals surface area contributed by atoms with Crippen molar-refractivity contribution in [1.82, 2.24) is 5.32 Å². The molecule has 6 heteroatoms. The van der Waals surface area contributed by atoms with Crippen LogP contribution in [0.4, 0.5) is 0 Å². The van der Waals surface area contributed by atoms with Gasteiger partial charge in [0, 0.05) is 17.0 Å². The van der Waals surface area contributed by atoms with E-state index in [2.05, 4.69) is 5.32 Å². The quantitative estimate of drug-likeness (QED) is 0.773. The van der Waals surface area contributed by atoms with E-state index in [9.17, 15) is 14.7 Å². The van der Waals surface area contributed by atoms with Gasteiger partial charge in [-0.15, -0.1) is 0 Å². The van der Waals surface area contributed by atoms with Crippen molar-refractivity contribution >= 4 is 23.4 Å². The molecule has 0 aromatic heterocycles. The van der Waals surface area contributed by atoms with Gasteiger partial charge in [0.25, 0.3) is 5.91 Å². The van der Waals surface area contributed by atoms with Gasteiger partial charge in [0.05, 0.1) is 5.56 Å². The van der Waals surface area contributed by atoms with Gasteiger partial charge in [-0.05, 0) is 32.0 Å². The molecule has 0 spiro atoms. The third kappa shape index (κ3) is 3.92. The summed E-state index contributed by atoms with van der Waals surface area (Å²) < 4.78 is 0. The Kier molecular flexibility index (Phi) is 4.19. The Labute approximate surface area is 110 Å². The highest BCUT2D eigenvalue weighted by Crippen LogP contribution is 2.22. The number of hydrogen-bond donors (Lipinski definition) is 3. The Bertz CT molecular complexity index is 486. The Balaban J connectivity index is 2.85. The summed E-state index contributed by atoms with van der Waals surface area (Å²) in [6.45, 7) is 3.34. The molecule has 1 rings (SSSR count). The van der Waals surface area contributed by atoms with Crippen LogP contribution >= 0.6 is 11.6 Å². The van der Waals surface area contributed by atoms with Gasteiger partial charge in [-0.25, -0.2) is 0 Å². The van der Waals surface area contributed by atoms with E-state index in [0.717, 1.165) is 0 Å². The number of phenols is 1. The molecule has 1 aromatic rings. The number of carbonyl (C=O) groups excluding carboxylic acids is 2. The van der Waals surface area contributed by atoms with Crippen LogP contribution in [0.15, 0.2) is 18.2 Å². The lowest BCUT2D eigenvalue weighted by Crippen LogP contribution is -2.46. The highest BCUT2D eigenvalue weighted by Gasteiger charge is 2.24. The number of aromatic hydroxyl groups is 1. The second-order valence-electron chi connectivity index (χ2n) is 4.64. The minimum atomic E-state index is -0.783. The van der Waals surface area contributed by atoms with E-state index >= 15 is 0 Å². The average molecular weight is 271 g/mol. The molecule has 18 heavy (non-hydrogen) atoms. The van der Waals surface area contributed by atoms with Gasteiger partial charge in [0.1, 0.15) is 5.75 Å². The van der Waals surface area contributed by atoms with E-state index < -0.39 is 17.4 Å². The highest BCUT2D eigenvalue weighted by molar-refractivity contribution is 6.30. The summed E-state index contributed by atoms with van der Waals surface area (Å²) in [4.78, 5) is 22.8. The van der Waals surface area contributed by atoms with E-state index in [0.29, 0.717) is 5.02 Å². The summed E-state index contributed by atoms with van der Waals surface area (Å²) in [5, 5.41) is 12.6. The lowest BCUT2D eigenvalue weighted by atomic mass is 9.99. The molecule has 0 atom stereocenters. The van der Waals surface area contributed by atoms with Crippen LogP contribution in [0.5, 0.6) is 5.75 Å². The van der Waals surface area contributed by atoms with Crippen LogP contribution in [0.2, 0.25) is 5.02 Å². The van der Waals surface area contributed by atoms with Crippen LogP contribution < -0.4 is 11.1 Å². The number of hydrogen-bond acceptors (Lipinski definition) is 3. The molecule has 0 saturated carbocycles. The van der Waals surface area contributed by atoms with Crippen LogP contribution in [-0.4, -0.2) is 22.5 Å². The first-order chi connectivity index (χ1) is 8.21. The van der Waals surface area contributed by atoms with Gasteiger partial charge in [-0.2, -0.15) is 0 Å². The van der Waals surface area contributed by atoms with E-state index in [1.807, 2.05) is 0 Å². The van der Waals surface area contributed by atoms with Gasteiger partial charge < -0.3 is 16.2 Å².